The number of nitrogens with zero attached hydrogens (tertiary/aromatic N) is 6. The summed E-state index contributed by atoms with van der Waals surface area (Å²) in [6.07, 6.45) is 7.03. The van der Waals surface area contributed by atoms with Gasteiger partial charge in [-0.05, 0) is 48.5 Å². The van der Waals surface area contributed by atoms with E-state index in [1.165, 1.54) is 0 Å². The van der Waals surface area contributed by atoms with Crippen LogP contribution in [0.4, 0.5) is 0 Å². The third kappa shape index (κ3) is 5.05. The van der Waals surface area contributed by atoms with Gasteiger partial charge in [0.05, 0.1) is 35.9 Å². The molecule has 4 rings (SSSR count). The molecular weight excluding hydrogens is 372 g/mol. The molecule has 0 atom stereocenters. The summed E-state index contributed by atoms with van der Waals surface area (Å²) >= 11 is 0. The van der Waals surface area contributed by atoms with Gasteiger partial charge in [0.25, 0.3) is 0 Å². The lowest BCUT2D eigenvalue weighted by Gasteiger charge is -2.10. The van der Waals surface area contributed by atoms with E-state index < -0.39 is 0 Å². The molecule has 0 fully saturated rings. The molecule has 0 aromatic carbocycles. The van der Waals surface area contributed by atoms with E-state index in [4.69, 9.17) is 9.98 Å². The van der Waals surface area contributed by atoms with Gasteiger partial charge in [0.1, 0.15) is 11.4 Å². The van der Waals surface area contributed by atoms with Gasteiger partial charge >= 0.3 is 0 Å². The summed E-state index contributed by atoms with van der Waals surface area (Å²) in [7, 11) is 0. The first-order valence-electron chi connectivity index (χ1n) is 9.62. The summed E-state index contributed by atoms with van der Waals surface area (Å²) in [5, 5.41) is 0. The van der Waals surface area contributed by atoms with Gasteiger partial charge in [0.2, 0.25) is 0 Å². The summed E-state index contributed by atoms with van der Waals surface area (Å²) in [6, 6.07) is 23.1. The molecule has 6 heteroatoms. The number of hydrogen-bond donors (Lipinski definition) is 0. The second-order valence-electron chi connectivity index (χ2n) is 6.40. The largest absolute Gasteiger partial charge is 0.274 e. The van der Waals surface area contributed by atoms with Crippen molar-refractivity contribution in [2.24, 2.45) is 9.98 Å². The van der Waals surface area contributed by atoms with Crippen molar-refractivity contribution in [3.63, 3.8) is 0 Å². The van der Waals surface area contributed by atoms with Gasteiger partial charge in [-0.2, -0.15) is 0 Å². The standard InChI is InChI=1S/C24H20N6/c1-5-13-25-19(9-1)17-29-23(21-11-3-7-15-27-21)24(22-12-4-8-16-28-22)30-18-20-10-2-6-14-26-20/h1-16H,17-18H2. The first kappa shape index (κ1) is 19.3. The van der Waals surface area contributed by atoms with Gasteiger partial charge in [0, 0.05) is 24.8 Å². The third-order valence-corrected chi connectivity index (χ3v) is 4.29. The zero-order valence-electron chi connectivity index (χ0n) is 16.3. The van der Waals surface area contributed by atoms with Crippen LogP contribution in [0.3, 0.4) is 0 Å². The van der Waals surface area contributed by atoms with Crippen LogP contribution >= 0.6 is 0 Å². The van der Waals surface area contributed by atoms with Crippen molar-refractivity contribution in [1.29, 1.82) is 0 Å². The molecule has 0 saturated heterocycles. The maximum Gasteiger partial charge on any atom is 0.111 e. The quantitative estimate of drug-likeness (QED) is 0.446. The number of hydrogen-bond acceptors (Lipinski definition) is 6. The van der Waals surface area contributed by atoms with Crippen molar-refractivity contribution in [3.05, 3.63) is 120 Å². The molecular formula is C24H20N6. The van der Waals surface area contributed by atoms with Crippen molar-refractivity contribution >= 4 is 11.4 Å². The number of aromatic nitrogens is 4. The topological polar surface area (TPSA) is 76.3 Å². The summed E-state index contributed by atoms with van der Waals surface area (Å²) in [5.74, 6) is 0. The minimum absolute atomic E-state index is 0.419. The molecule has 0 bridgehead atoms. The van der Waals surface area contributed by atoms with Crippen LogP contribution in [0.15, 0.2) is 108 Å². The smallest absolute Gasteiger partial charge is 0.111 e. The molecule has 0 amide bonds. The highest BCUT2D eigenvalue weighted by atomic mass is 14.9. The van der Waals surface area contributed by atoms with Gasteiger partial charge < -0.3 is 0 Å². The molecule has 0 unspecified atom stereocenters. The van der Waals surface area contributed by atoms with Crippen molar-refractivity contribution in [2.45, 2.75) is 13.1 Å². The fourth-order valence-electron chi connectivity index (χ4n) is 2.86. The maximum absolute atomic E-state index is 4.85. The Morgan fingerprint density at radius 3 is 1.23 bits per heavy atom. The van der Waals surface area contributed by atoms with Crippen LogP contribution in [0.1, 0.15) is 22.8 Å². The van der Waals surface area contributed by atoms with Crippen LogP contribution in [0, 0.1) is 0 Å². The molecule has 0 aliphatic heterocycles. The summed E-state index contributed by atoms with van der Waals surface area (Å²) in [6.45, 7) is 0.838. The van der Waals surface area contributed by atoms with E-state index in [-0.39, 0.29) is 0 Å². The van der Waals surface area contributed by atoms with Crippen LogP contribution in [-0.2, 0) is 13.1 Å². The van der Waals surface area contributed by atoms with E-state index in [2.05, 4.69) is 19.9 Å². The Bertz CT molecular complexity index is 1020. The Kier molecular flexibility index (Phi) is 6.38. The highest BCUT2D eigenvalue weighted by Gasteiger charge is 2.16. The van der Waals surface area contributed by atoms with E-state index in [0.29, 0.717) is 24.5 Å². The van der Waals surface area contributed by atoms with E-state index in [9.17, 15) is 0 Å². The Morgan fingerprint density at radius 2 is 0.900 bits per heavy atom. The minimum atomic E-state index is 0.419. The summed E-state index contributed by atoms with van der Waals surface area (Å²) < 4.78 is 0. The zero-order chi connectivity index (χ0) is 20.4. The van der Waals surface area contributed by atoms with Gasteiger partial charge in [-0.15, -0.1) is 0 Å². The number of rotatable bonds is 7. The first-order valence-corrected chi connectivity index (χ1v) is 9.62. The second kappa shape index (κ2) is 9.93. The molecule has 0 aliphatic carbocycles. The monoisotopic (exact) mass is 392 g/mol. The van der Waals surface area contributed by atoms with Crippen molar-refractivity contribution in [3.8, 4) is 0 Å². The fourth-order valence-corrected chi connectivity index (χ4v) is 2.86. The SMILES string of the molecule is c1ccc(CN=C(C(=NCc2ccccn2)c2ccccn2)c2ccccn2)nc1. The molecule has 0 aliphatic rings. The summed E-state index contributed by atoms with van der Waals surface area (Å²) in [5.41, 5.74) is 4.57. The number of pyridine rings is 4. The zero-order valence-corrected chi connectivity index (χ0v) is 16.3. The molecule has 30 heavy (non-hydrogen) atoms. The van der Waals surface area contributed by atoms with E-state index in [1.54, 1.807) is 24.8 Å². The Labute approximate surface area is 175 Å². The lowest BCUT2D eigenvalue weighted by Crippen LogP contribution is -2.20. The van der Waals surface area contributed by atoms with Crippen molar-refractivity contribution < 1.29 is 0 Å². The highest BCUT2D eigenvalue weighted by molar-refractivity contribution is 6.52. The molecule has 0 spiro atoms. The lowest BCUT2D eigenvalue weighted by molar-refractivity contribution is 0.980. The van der Waals surface area contributed by atoms with E-state index in [0.717, 1.165) is 22.8 Å². The molecule has 0 saturated carbocycles. The van der Waals surface area contributed by atoms with Crippen LogP contribution in [0.25, 0.3) is 0 Å². The van der Waals surface area contributed by atoms with Crippen LogP contribution in [-0.4, -0.2) is 31.4 Å². The maximum atomic E-state index is 4.85. The Balaban J connectivity index is 1.78. The third-order valence-electron chi connectivity index (χ3n) is 4.29. The predicted molar refractivity (Wildman–Crippen MR) is 117 cm³/mol. The molecule has 4 aromatic rings. The molecule has 146 valence electrons. The molecule has 4 aromatic heterocycles. The lowest BCUT2D eigenvalue weighted by atomic mass is 10.1. The van der Waals surface area contributed by atoms with Crippen LogP contribution in [0.5, 0.6) is 0 Å². The minimum Gasteiger partial charge on any atom is -0.274 e. The van der Waals surface area contributed by atoms with Gasteiger partial charge in [0.15, 0.2) is 0 Å². The number of aliphatic imine (C=N–C) groups is 2. The second-order valence-corrected chi connectivity index (χ2v) is 6.40. The van der Waals surface area contributed by atoms with E-state index >= 15 is 0 Å². The average Bonchev–Trinajstić information content (AvgIpc) is 2.83. The summed E-state index contributed by atoms with van der Waals surface area (Å²) in [4.78, 5) is 27.5. The van der Waals surface area contributed by atoms with Crippen molar-refractivity contribution in [1.82, 2.24) is 19.9 Å². The molecule has 0 N–H and O–H groups in total. The Hall–Kier alpha value is -4.06. The van der Waals surface area contributed by atoms with Gasteiger partial charge in [-0.3, -0.25) is 29.9 Å². The normalized spacial score (nSPS) is 12.0. The fraction of sp³-hybridized carbons (Fsp3) is 0.0833. The molecule has 6 nitrogen and oxygen atoms in total. The average molecular weight is 392 g/mol. The van der Waals surface area contributed by atoms with Crippen LogP contribution in [0.2, 0.25) is 0 Å². The first-order chi connectivity index (χ1) is 14.9. The Morgan fingerprint density at radius 1 is 0.500 bits per heavy atom. The highest BCUT2D eigenvalue weighted by Crippen LogP contribution is 2.10. The van der Waals surface area contributed by atoms with Gasteiger partial charge in [-0.1, -0.05) is 24.3 Å². The molecule has 0 radical (unpaired) electrons. The molecule has 4 heterocycles. The van der Waals surface area contributed by atoms with Gasteiger partial charge in [-0.25, -0.2) is 0 Å². The van der Waals surface area contributed by atoms with Crippen LogP contribution < -0.4 is 0 Å². The predicted octanol–water partition coefficient (Wildman–Crippen LogP) is 3.95. The van der Waals surface area contributed by atoms with Crippen molar-refractivity contribution in [2.75, 3.05) is 0 Å². The van der Waals surface area contributed by atoms with E-state index in [1.807, 2.05) is 72.8 Å².